The summed E-state index contributed by atoms with van der Waals surface area (Å²) in [5.41, 5.74) is 19.2. The maximum atomic E-state index is 7.36. The number of furan rings is 1. The predicted octanol–water partition coefficient (Wildman–Crippen LogP) is 16.2. The van der Waals surface area contributed by atoms with Crippen LogP contribution in [0.5, 0.6) is 0 Å². The van der Waals surface area contributed by atoms with Gasteiger partial charge < -0.3 is 14.0 Å². The molecule has 0 fully saturated rings. The average Bonchev–Trinajstić information content (AvgIpc) is 3.98. The van der Waals surface area contributed by atoms with Crippen molar-refractivity contribution < 1.29 is 28.6 Å². The van der Waals surface area contributed by atoms with Crippen molar-refractivity contribution in [1.82, 2.24) is 19.5 Å². The number of rotatable bonds is 6. The van der Waals surface area contributed by atoms with Crippen molar-refractivity contribution in [1.29, 1.82) is 0 Å². The van der Waals surface area contributed by atoms with Crippen LogP contribution in [0.2, 0.25) is 0 Å². The molecular formula is C61H56IrN4O-2. The maximum Gasteiger partial charge on any atom is 0.140 e. The maximum absolute atomic E-state index is 7.36. The van der Waals surface area contributed by atoms with Gasteiger partial charge in [-0.1, -0.05) is 148 Å². The molecule has 4 heterocycles. The predicted molar refractivity (Wildman–Crippen MR) is 274 cm³/mol. The molecule has 0 spiro atoms. The van der Waals surface area contributed by atoms with Crippen LogP contribution in [0.15, 0.2) is 150 Å². The van der Waals surface area contributed by atoms with Gasteiger partial charge in [-0.25, -0.2) is 4.98 Å². The van der Waals surface area contributed by atoms with E-state index in [4.69, 9.17) is 18.5 Å². The standard InChI is InChI=1S/C45H38N3O.C16H18N.Ir/c1-26(2)33-23-29(28-15-8-7-9-16-28)24-34(27(3)4)41(33)48-38-22-13-12-21-37(38)46-44(48)32-19-14-18-31-40-39(49-42(31)32)25-35-30-17-10-11-20-36(30)45(5,6)43(35)47-40;1-12-5-7-13(8-6-12)15-11-14(9-10-17-15)16(2,3)4;/h7-18,20-27H,1-6H3;5-7,9-11H,1-4H3;/q2*-1;/i;1D3;. The van der Waals surface area contributed by atoms with Crippen LogP contribution in [-0.4, -0.2) is 19.5 Å². The number of para-hydroxylation sites is 2. The van der Waals surface area contributed by atoms with E-state index in [-0.39, 0.29) is 42.8 Å². The molecule has 1 radical (unpaired) electrons. The molecule has 4 aromatic heterocycles. The number of aromatic nitrogens is 4. The van der Waals surface area contributed by atoms with Gasteiger partial charge in [-0.3, -0.25) is 4.98 Å². The molecule has 6 heteroatoms. The van der Waals surface area contributed by atoms with Gasteiger partial charge in [0.1, 0.15) is 5.58 Å². The number of aryl methyl sites for hydroxylation is 1. The number of imidazole rings is 1. The first-order valence-corrected chi connectivity index (χ1v) is 23.0. The molecule has 10 aromatic rings. The summed E-state index contributed by atoms with van der Waals surface area (Å²) in [5.74, 6) is 1.36. The Morgan fingerprint density at radius 1 is 0.731 bits per heavy atom. The Morgan fingerprint density at radius 3 is 2.15 bits per heavy atom. The molecule has 0 saturated heterocycles. The van der Waals surface area contributed by atoms with E-state index in [1.807, 2.05) is 18.2 Å². The SMILES string of the molecule is CC(C)c1cc(-c2ccccc2)cc(C(C)C)c1-n1c(-c2[c-]ccc3c2oc2cc4c(nc23)C(C)(C)c2ccccc2-4)nc2ccccc21.[2H]C([2H])([2H])c1c[c-]c(-c2cc(C(C)(C)C)ccn2)cc1.[Ir]. The number of nitrogens with zero attached hydrogens (tertiary/aromatic N) is 4. The van der Waals surface area contributed by atoms with Gasteiger partial charge in [0, 0.05) is 47.1 Å². The second-order valence-electron chi connectivity index (χ2n) is 19.7. The molecule has 0 bridgehead atoms. The van der Waals surface area contributed by atoms with Crippen LogP contribution >= 0.6 is 0 Å². The van der Waals surface area contributed by atoms with Crippen molar-refractivity contribution in [3.63, 3.8) is 0 Å². The Hall–Kier alpha value is -6.46. The second kappa shape index (κ2) is 17.6. The molecule has 0 saturated carbocycles. The Morgan fingerprint density at radius 2 is 1.45 bits per heavy atom. The first kappa shape index (κ1) is 41.9. The van der Waals surface area contributed by atoms with Gasteiger partial charge in [-0.15, -0.1) is 53.6 Å². The van der Waals surface area contributed by atoms with Crippen LogP contribution in [0.3, 0.4) is 0 Å². The van der Waals surface area contributed by atoms with Crippen LogP contribution in [0.25, 0.3) is 83.7 Å². The van der Waals surface area contributed by atoms with Crippen LogP contribution in [0.1, 0.15) is 112 Å². The van der Waals surface area contributed by atoms with Gasteiger partial charge in [0.25, 0.3) is 0 Å². The molecule has 337 valence electrons. The summed E-state index contributed by atoms with van der Waals surface area (Å²) in [4.78, 5) is 15.0. The molecule has 0 aliphatic heterocycles. The Balaban J connectivity index is 0.000000244. The molecular weight excluding hydrogens is 997 g/mol. The summed E-state index contributed by atoms with van der Waals surface area (Å²) in [6.45, 7) is 18.0. The third-order valence-electron chi connectivity index (χ3n) is 13.1. The van der Waals surface area contributed by atoms with Gasteiger partial charge in [-0.05, 0) is 104 Å². The number of hydrogen-bond acceptors (Lipinski definition) is 4. The molecule has 6 aromatic carbocycles. The van der Waals surface area contributed by atoms with Crippen molar-refractivity contribution in [3.05, 3.63) is 191 Å². The molecule has 11 rings (SSSR count). The molecule has 5 nitrogen and oxygen atoms in total. The van der Waals surface area contributed by atoms with Crippen molar-refractivity contribution in [2.75, 3.05) is 0 Å². The summed E-state index contributed by atoms with van der Waals surface area (Å²) >= 11 is 0. The Labute approximate surface area is 412 Å². The van der Waals surface area contributed by atoms with Gasteiger partial charge in [-0.2, -0.15) is 0 Å². The van der Waals surface area contributed by atoms with E-state index in [1.165, 1.54) is 50.7 Å². The number of benzene rings is 6. The van der Waals surface area contributed by atoms with E-state index in [1.54, 1.807) is 18.3 Å². The minimum atomic E-state index is -2.09. The molecule has 0 N–H and O–H groups in total. The number of hydrogen-bond donors (Lipinski definition) is 0. The van der Waals surface area contributed by atoms with E-state index in [0.29, 0.717) is 5.56 Å². The van der Waals surface area contributed by atoms with E-state index >= 15 is 0 Å². The van der Waals surface area contributed by atoms with Crippen molar-refractivity contribution in [2.45, 2.75) is 91.8 Å². The summed E-state index contributed by atoms with van der Waals surface area (Å²) in [7, 11) is 0. The summed E-state index contributed by atoms with van der Waals surface area (Å²) in [6.07, 6.45) is 1.78. The minimum absolute atomic E-state index is 0. The fourth-order valence-electron chi connectivity index (χ4n) is 9.56. The van der Waals surface area contributed by atoms with E-state index in [0.717, 1.165) is 67.0 Å². The fraction of sp³-hybridized carbons (Fsp3) is 0.230. The van der Waals surface area contributed by atoms with E-state index < -0.39 is 6.85 Å². The smallest absolute Gasteiger partial charge is 0.140 e. The average molecular weight is 1060 g/mol. The van der Waals surface area contributed by atoms with E-state index in [9.17, 15) is 0 Å². The van der Waals surface area contributed by atoms with Crippen LogP contribution in [-0.2, 0) is 30.9 Å². The van der Waals surface area contributed by atoms with Crippen LogP contribution in [0, 0.1) is 19.0 Å². The van der Waals surface area contributed by atoms with Crippen LogP contribution < -0.4 is 0 Å². The third kappa shape index (κ3) is 8.15. The first-order valence-electron chi connectivity index (χ1n) is 24.5. The molecule has 1 aliphatic carbocycles. The van der Waals surface area contributed by atoms with Gasteiger partial charge in [0.05, 0.1) is 33.7 Å². The molecule has 1 aliphatic rings. The van der Waals surface area contributed by atoms with Crippen molar-refractivity contribution >= 4 is 33.1 Å². The minimum Gasteiger partial charge on any atom is -0.499 e. The third-order valence-corrected chi connectivity index (χ3v) is 13.1. The molecule has 0 unspecified atom stereocenters. The van der Waals surface area contributed by atoms with Gasteiger partial charge in [0.2, 0.25) is 0 Å². The zero-order valence-electron chi connectivity index (χ0n) is 42.5. The summed E-state index contributed by atoms with van der Waals surface area (Å²) in [6, 6.07) is 54.3. The topological polar surface area (TPSA) is 56.7 Å². The number of fused-ring (bicyclic) bond motifs is 7. The Kier molecular flexibility index (Phi) is 11.0. The quantitative estimate of drug-likeness (QED) is 0.156. The molecule has 0 amide bonds. The van der Waals surface area contributed by atoms with Crippen molar-refractivity contribution in [2.24, 2.45) is 0 Å². The Bertz CT molecular complexity index is 3530. The second-order valence-corrected chi connectivity index (χ2v) is 19.7. The summed E-state index contributed by atoms with van der Waals surface area (Å²) < 4.78 is 31.3. The zero-order valence-corrected chi connectivity index (χ0v) is 41.9. The van der Waals surface area contributed by atoms with Crippen LogP contribution in [0.4, 0.5) is 0 Å². The first-order chi connectivity index (χ1) is 32.9. The fourth-order valence-corrected chi connectivity index (χ4v) is 9.56. The van der Waals surface area contributed by atoms with E-state index in [2.05, 4.69) is 187 Å². The largest absolute Gasteiger partial charge is 0.499 e. The molecule has 67 heavy (non-hydrogen) atoms. The van der Waals surface area contributed by atoms with Crippen molar-refractivity contribution in [3.8, 4) is 50.6 Å². The monoisotopic (exact) mass is 1060 g/mol. The molecule has 0 atom stereocenters. The van der Waals surface area contributed by atoms with Gasteiger partial charge >= 0.3 is 0 Å². The van der Waals surface area contributed by atoms with Gasteiger partial charge in [0.15, 0.2) is 0 Å². The summed E-state index contributed by atoms with van der Waals surface area (Å²) in [5, 5.41) is 0.976. The zero-order chi connectivity index (χ0) is 48.6. The number of pyridine rings is 2. The normalized spacial score (nSPS) is 13.7.